The summed E-state index contributed by atoms with van der Waals surface area (Å²) in [6.45, 7) is 4.76. The van der Waals surface area contributed by atoms with E-state index in [4.69, 9.17) is 0 Å². The maximum absolute atomic E-state index is 11.9. The largest absolute Gasteiger partial charge is 0.359 e. The summed E-state index contributed by atoms with van der Waals surface area (Å²) in [6, 6.07) is 4.00. The highest BCUT2D eigenvalue weighted by atomic mass is 127. The number of nitrogens with zero attached hydrogens (tertiary/aromatic N) is 2. The van der Waals surface area contributed by atoms with Crippen molar-refractivity contribution in [2.24, 2.45) is 10.4 Å². The summed E-state index contributed by atoms with van der Waals surface area (Å²) in [7, 11) is 5.00. The zero-order valence-electron chi connectivity index (χ0n) is 15.4. The van der Waals surface area contributed by atoms with Gasteiger partial charge in [-0.15, -0.1) is 35.3 Å². The highest BCUT2D eigenvalue weighted by Crippen LogP contribution is 2.13. The lowest BCUT2D eigenvalue weighted by Crippen LogP contribution is -2.47. The Labute approximate surface area is 170 Å². The Morgan fingerprint density at radius 2 is 1.96 bits per heavy atom. The van der Waals surface area contributed by atoms with Gasteiger partial charge in [0.25, 0.3) is 0 Å². The Bertz CT molecular complexity index is 573. The Morgan fingerprint density at radius 1 is 1.28 bits per heavy atom. The lowest BCUT2D eigenvalue weighted by molar-refractivity contribution is -0.128. The third-order valence-corrected chi connectivity index (χ3v) is 4.30. The minimum Gasteiger partial charge on any atom is -0.359 e. The predicted molar refractivity (Wildman–Crippen MR) is 113 cm³/mol. The molecule has 2 amide bonds. The van der Waals surface area contributed by atoms with Crippen molar-refractivity contribution in [3.05, 3.63) is 22.4 Å². The van der Waals surface area contributed by atoms with E-state index in [1.807, 2.05) is 31.4 Å². The number of aliphatic imine (C=N–C) groups is 1. The number of rotatable bonds is 7. The predicted octanol–water partition coefficient (Wildman–Crippen LogP) is 1.26. The monoisotopic (exact) mass is 481 g/mol. The molecule has 3 N–H and O–H groups in total. The third kappa shape index (κ3) is 8.52. The molecule has 0 atom stereocenters. The molecule has 0 aliphatic carbocycles. The number of carbonyl (C=O) groups excluding carboxylic acids is 2. The van der Waals surface area contributed by atoms with Crippen LogP contribution in [0.25, 0.3) is 0 Å². The van der Waals surface area contributed by atoms with Crippen LogP contribution in [0, 0.1) is 5.41 Å². The number of likely N-dealkylation sites (N-methyl/N-ethyl adjacent to an activating group) is 1. The second kappa shape index (κ2) is 11.3. The third-order valence-electron chi connectivity index (χ3n) is 3.42. The number of nitrogens with one attached hydrogen (secondary N) is 3. The van der Waals surface area contributed by atoms with Crippen LogP contribution in [0.3, 0.4) is 0 Å². The molecule has 1 aromatic heterocycles. The molecule has 0 fully saturated rings. The number of halogens is 1. The van der Waals surface area contributed by atoms with Gasteiger partial charge in [-0.25, -0.2) is 4.99 Å². The number of hydrogen-bond donors (Lipinski definition) is 3. The van der Waals surface area contributed by atoms with Crippen molar-refractivity contribution < 1.29 is 9.59 Å². The fraction of sp³-hybridized carbons (Fsp3) is 0.562. The van der Waals surface area contributed by atoms with Crippen LogP contribution in [0.2, 0.25) is 0 Å². The second-order valence-electron chi connectivity index (χ2n) is 6.20. The molecule has 0 aromatic carbocycles. The van der Waals surface area contributed by atoms with Gasteiger partial charge >= 0.3 is 0 Å². The molecule has 0 aliphatic rings. The molecule has 1 heterocycles. The van der Waals surface area contributed by atoms with Crippen LogP contribution < -0.4 is 16.0 Å². The molecule has 0 bridgehead atoms. The molecule has 1 rings (SSSR count). The summed E-state index contributed by atoms with van der Waals surface area (Å²) in [4.78, 5) is 30.6. The molecule has 0 radical (unpaired) electrons. The number of carbonyl (C=O) groups is 2. The quantitative estimate of drug-likeness (QED) is 0.311. The first-order valence-corrected chi connectivity index (χ1v) is 8.61. The van der Waals surface area contributed by atoms with Gasteiger partial charge in [0.15, 0.2) is 5.96 Å². The number of amides is 2. The smallest absolute Gasteiger partial charge is 0.243 e. The van der Waals surface area contributed by atoms with Crippen LogP contribution in [0.1, 0.15) is 18.7 Å². The summed E-state index contributed by atoms with van der Waals surface area (Å²) >= 11 is 1.64. The first kappa shape index (κ1) is 23.6. The van der Waals surface area contributed by atoms with Crippen molar-refractivity contribution in [3.8, 4) is 0 Å². The van der Waals surface area contributed by atoms with E-state index in [0.717, 1.165) is 4.88 Å². The average molecular weight is 481 g/mol. The van der Waals surface area contributed by atoms with Crippen molar-refractivity contribution in [1.29, 1.82) is 0 Å². The molecule has 25 heavy (non-hydrogen) atoms. The SMILES string of the molecule is CNC(=O)C(C)(C)CNC(=NCC(=O)N(C)C)NCc1cccs1.I. The van der Waals surface area contributed by atoms with E-state index in [9.17, 15) is 9.59 Å². The van der Waals surface area contributed by atoms with Crippen LogP contribution in [-0.4, -0.2) is 56.9 Å². The summed E-state index contributed by atoms with van der Waals surface area (Å²) in [5, 5.41) is 11.0. The van der Waals surface area contributed by atoms with Gasteiger partial charge in [0.1, 0.15) is 6.54 Å². The van der Waals surface area contributed by atoms with E-state index in [2.05, 4.69) is 20.9 Å². The topological polar surface area (TPSA) is 85.8 Å². The lowest BCUT2D eigenvalue weighted by Gasteiger charge is -2.24. The van der Waals surface area contributed by atoms with Gasteiger partial charge in [0.05, 0.1) is 12.0 Å². The summed E-state index contributed by atoms with van der Waals surface area (Å²) < 4.78 is 0. The van der Waals surface area contributed by atoms with Crippen LogP contribution in [0.15, 0.2) is 22.5 Å². The summed E-state index contributed by atoms with van der Waals surface area (Å²) in [5.74, 6) is 0.366. The number of guanidine groups is 1. The van der Waals surface area contributed by atoms with E-state index in [0.29, 0.717) is 19.0 Å². The van der Waals surface area contributed by atoms with Crippen LogP contribution in [0.5, 0.6) is 0 Å². The average Bonchev–Trinajstić information content (AvgIpc) is 3.06. The summed E-state index contributed by atoms with van der Waals surface area (Å²) in [6.07, 6.45) is 0. The van der Waals surface area contributed by atoms with Gasteiger partial charge in [0, 0.05) is 32.6 Å². The highest BCUT2D eigenvalue weighted by Gasteiger charge is 2.26. The van der Waals surface area contributed by atoms with Gasteiger partial charge in [-0.2, -0.15) is 0 Å². The lowest BCUT2D eigenvalue weighted by atomic mass is 9.92. The van der Waals surface area contributed by atoms with E-state index >= 15 is 0 Å². The minimum atomic E-state index is -0.592. The van der Waals surface area contributed by atoms with Crippen molar-refractivity contribution >= 4 is 53.1 Å². The second-order valence-corrected chi connectivity index (χ2v) is 7.23. The maximum Gasteiger partial charge on any atom is 0.243 e. The van der Waals surface area contributed by atoms with Crippen molar-refractivity contribution in [2.75, 3.05) is 34.2 Å². The van der Waals surface area contributed by atoms with Gasteiger partial charge in [-0.1, -0.05) is 6.07 Å². The molecule has 7 nitrogen and oxygen atoms in total. The molecule has 9 heteroatoms. The van der Waals surface area contributed by atoms with Gasteiger partial charge in [0.2, 0.25) is 11.8 Å². The Balaban J connectivity index is 0.00000576. The zero-order chi connectivity index (χ0) is 18.2. The molecule has 1 aromatic rings. The minimum absolute atomic E-state index is 0. The molecule has 0 saturated carbocycles. The molecule has 0 spiro atoms. The molecular weight excluding hydrogens is 453 g/mol. The molecule has 142 valence electrons. The van der Waals surface area contributed by atoms with E-state index in [1.54, 1.807) is 32.5 Å². The Kier molecular flexibility index (Phi) is 10.7. The van der Waals surface area contributed by atoms with Crippen molar-refractivity contribution in [2.45, 2.75) is 20.4 Å². The fourth-order valence-corrected chi connectivity index (χ4v) is 2.41. The van der Waals surface area contributed by atoms with Crippen molar-refractivity contribution in [3.63, 3.8) is 0 Å². The fourth-order valence-electron chi connectivity index (χ4n) is 1.77. The molecule has 0 unspecified atom stereocenters. The summed E-state index contributed by atoms with van der Waals surface area (Å²) in [5.41, 5.74) is -0.592. The maximum atomic E-state index is 11.9. The zero-order valence-corrected chi connectivity index (χ0v) is 18.5. The molecular formula is C16H28IN5O2S. The van der Waals surface area contributed by atoms with Crippen LogP contribution in [0.4, 0.5) is 0 Å². The van der Waals surface area contributed by atoms with Crippen molar-refractivity contribution in [1.82, 2.24) is 20.9 Å². The Hall–Kier alpha value is -1.36. The highest BCUT2D eigenvalue weighted by molar-refractivity contribution is 14.0. The van der Waals surface area contributed by atoms with E-state index in [-0.39, 0.29) is 42.3 Å². The molecule has 0 aliphatic heterocycles. The van der Waals surface area contributed by atoms with E-state index in [1.165, 1.54) is 4.90 Å². The van der Waals surface area contributed by atoms with Gasteiger partial charge in [-0.3, -0.25) is 9.59 Å². The van der Waals surface area contributed by atoms with Gasteiger partial charge < -0.3 is 20.9 Å². The van der Waals surface area contributed by atoms with Crippen LogP contribution >= 0.6 is 35.3 Å². The normalized spacial score (nSPS) is 11.3. The standard InChI is InChI=1S/C16H27N5O2S.HI/c1-16(2,14(23)17-3)11-20-15(19-10-13(22)21(4)5)18-9-12-7-6-8-24-12;/h6-8H,9-11H2,1-5H3,(H,17,23)(H2,18,19,20);1H. The van der Waals surface area contributed by atoms with E-state index < -0.39 is 5.41 Å². The Morgan fingerprint density at radius 3 is 2.48 bits per heavy atom. The number of thiophene rings is 1. The first-order chi connectivity index (χ1) is 11.3. The van der Waals surface area contributed by atoms with Gasteiger partial charge in [-0.05, 0) is 25.3 Å². The first-order valence-electron chi connectivity index (χ1n) is 7.73. The molecule has 0 saturated heterocycles. The van der Waals surface area contributed by atoms with Crippen LogP contribution in [-0.2, 0) is 16.1 Å². The number of hydrogen-bond acceptors (Lipinski definition) is 4.